The molecule has 7 heteroatoms. The molecule has 0 unspecified atom stereocenters. The smallest absolute Gasteiger partial charge is 0.235 e. The molecule has 3 heterocycles. The van der Waals surface area contributed by atoms with Gasteiger partial charge in [0.25, 0.3) is 0 Å². The van der Waals surface area contributed by atoms with Crippen molar-refractivity contribution in [3.05, 3.63) is 60.9 Å². The summed E-state index contributed by atoms with van der Waals surface area (Å²) in [4.78, 5) is 4.12. The van der Waals surface area contributed by atoms with Gasteiger partial charge in [-0.2, -0.15) is 0 Å². The van der Waals surface area contributed by atoms with Crippen molar-refractivity contribution in [2.24, 2.45) is 0 Å². The predicted molar refractivity (Wildman–Crippen MR) is 91.6 cm³/mol. The Morgan fingerprint density at radius 2 is 1.92 bits per heavy atom. The van der Waals surface area contributed by atoms with Crippen molar-refractivity contribution >= 4 is 15.8 Å². The van der Waals surface area contributed by atoms with Crippen LogP contribution in [0.2, 0.25) is 0 Å². The van der Waals surface area contributed by atoms with Crippen LogP contribution in [-0.4, -0.2) is 23.7 Å². The quantitative estimate of drug-likeness (QED) is 0.794. The Labute approximate surface area is 139 Å². The number of hydrogen-bond donors (Lipinski definition) is 1. The minimum absolute atomic E-state index is 0.102. The summed E-state index contributed by atoms with van der Waals surface area (Å²) in [5.41, 5.74) is 1.77. The van der Waals surface area contributed by atoms with Crippen molar-refractivity contribution in [1.82, 2.24) is 9.55 Å². The van der Waals surface area contributed by atoms with Crippen LogP contribution in [0.25, 0.3) is 11.1 Å². The Bertz CT molecular complexity index is 964. The number of nitrogens with one attached hydrogen (secondary N) is 1. The SMILES string of the molecule is O=S1(=O)CCn2ccc(-c3ccc(Oc4ccccn4)cc3)c2N1. The number of rotatable bonds is 3. The number of sulfonamides is 1. The Morgan fingerprint density at radius 3 is 2.67 bits per heavy atom. The molecule has 0 aliphatic carbocycles. The monoisotopic (exact) mass is 341 g/mol. The van der Waals surface area contributed by atoms with Crippen molar-refractivity contribution in [2.45, 2.75) is 6.54 Å². The summed E-state index contributed by atoms with van der Waals surface area (Å²) in [7, 11) is -3.25. The van der Waals surface area contributed by atoms with E-state index in [1.807, 2.05) is 53.2 Å². The van der Waals surface area contributed by atoms with E-state index in [9.17, 15) is 8.42 Å². The van der Waals surface area contributed by atoms with Crippen molar-refractivity contribution in [3.63, 3.8) is 0 Å². The number of nitrogens with zero attached hydrogens (tertiary/aromatic N) is 2. The van der Waals surface area contributed by atoms with Crippen molar-refractivity contribution < 1.29 is 13.2 Å². The number of anilines is 1. The number of fused-ring (bicyclic) bond motifs is 1. The molecule has 122 valence electrons. The molecule has 0 radical (unpaired) electrons. The van der Waals surface area contributed by atoms with Gasteiger partial charge in [0.05, 0.1) is 5.75 Å². The first-order valence-corrected chi connectivity index (χ1v) is 9.15. The van der Waals surface area contributed by atoms with Crippen LogP contribution in [0.1, 0.15) is 0 Å². The molecule has 1 aromatic carbocycles. The molecule has 2 aromatic heterocycles. The van der Waals surface area contributed by atoms with Crippen LogP contribution >= 0.6 is 0 Å². The van der Waals surface area contributed by atoms with Gasteiger partial charge in [-0.1, -0.05) is 18.2 Å². The van der Waals surface area contributed by atoms with Gasteiger partial charge in [-0.15, -0.1) is 0 Å². The first kappa shape index (κ1) is 14.8. The standard InChI is InChI=1S/C17H15N3O3S/c21-24(22)12-11-20-10-8-15(17(20)19-24)13-4-6-14(7-5-13)23-16-3-1-2-9-18-16/h1-10,19H,11-12H2. The van der Waals surface area contributed by atoms with Gasteiger partial charge in [-0.3, -0.25) is 4.72 Å². The van der Waals surface area contributed by atoms with Crippen LogP contribution in [0, 0.1) is 0 Å². The van der Waals surface area contributed by atoms with Crippen LogP contribution < -0.4 is 9.46 Å². The second kappa shape index (κ2) is 5.68. The molecular formula is C17H15N3O3S. The molecule has 3 aromatic rings. The van der Waals surface area contributed by atoms with Gasteiger partial charge in [0.1, 0.15) is 11.6 Å². The number of hydrogen-bond acceptors (Lipinski definition) is 4. The molecule has 0 atom stereocenters. The van der Waals surface area contributed by atoms with Crippen molar-refractivity contribution in [1.29, 1.82) is 0 Å². The topological polar surface area (TPSA) is 73.2 Å². The number of aromatic nitrogens is 2. The van der Waals surface area contributed by atoms with Crippen LogP contribution in [0.4, 0.5) is 5.82 Å². The number of ether oxygens (including phenoxy) is 1. The molecule has 0 spiro atoms. The zero-order chi connectivity index (χ0) is 16.6. The predicted octanol–water partition coefficient (Wildman–Crippen LogP) is 3.10. The molecule has 0 amide bonds. The summed E-state index contributed by atoms with van der Waals surface area (Å²) in [6, 6.07) is 14.9. The van der Waals surface area contributed by atoms with E-state index in [1.54, 1.807) is 12.3 Å². The highest BCUT2D eigenvalue weighted by atomic mass is 32.2. The zero-order valence-electron chi connectivity index (χ0n) is 12.7. The third-order valence-corrected chi connectivity index (χ3v) is 5.07. The summed E-state index contributed by atoms with van der Waals surface area (Å²) < 4.78 is 33.8. The van der Waals surface area contributed by atoms with Crippen LogP contribution in [-0.2, 0) is 16.6 Å². The lowest BCUT2D eigenvalue weighted by molar-refractivity contribution is 0.463. The molecule has 0 saturated carbocycles. The number of aryl methyl sites for hydroxylation is 1. The highest BCUT2D eigenvalue weighted by Gasteiger charge is 2.23. The van der Waals surface area contributed by atoms with Crippen LogP contribution in [0.5, 0.6) is 11.6 Å². The molecule has 24 heavy (non-hydrogen) atoms. The van der Waals surface area contributed by atoms with Gasteiger partial charge in [0.2, 0.25) is 15.9 Å². The lowest BCUT2D eigenvalue weighted by atomic mass is 10.1. The average molecular weight is 341 g/mol. The molecular weight excluding hydrogens is 326 g/mol. The van der Waals surface area contributed by atoms with Crippen molar-refractivity contribution in [2.75, 3.05) is 10.5 Å². The molecule has 1 N–H and O–H groups in total. The largest absolute Gasteiger partial charge is 0.439 e. The van der Waals surface area contributed by atoms with E-state index in [0.717, 1.165) is 11.1 Å². The molecule has 0 fully saturated rings. The Hall–Kier alpha value is -2.80. The fourth-order valence-corrected chi connectivity index (χ4v) is 3.71. The van der Waals surface area contributed by atoms with Gasteiger partial charge in [-0.25, -0.2) is 13.4 Å². The lowest BCUT2D eigenvalue weighted by Gasteiger charge is -2.19. The minimum Gasteiger partial charge on any atom is -0.439 e. The maximum absolute atomic E-state index is 11.8. The van der Waals surface area contributed by atoms with Crippen LogP contribution in [0.15, 0.2) is 60.9 Å². The fourth-order valence-electron chi connectivity index (χ4n) is 2.65. The molecule has 6 nitrogen and oxygen atoms in total. The highest BCUT2D eigenvalue weighted by Crippen LogP contribution is 2.33. The Balaban J connectivity index is 1.61. The van der Waals surface area contributed by atoms with E-state index in [-0.39, 0.29) is 5.75 Å². The zero-order valence-corrected chi connectivity index (χ0v) is 13.5. The first-order chi connectivity index (χ1) is 11.6. The Morgan fingerprint density at radius 1 is 1.08 bits per heavy atom. The molecule has 1 aliphatic heterocycles. The summed E-state index contributed by atoms with van der Waals surface area (Å²) in [6.45, 7) is 0.464. The van der Waals surface area contributed by atoms with E-state index < -0.39 is 10.0 Å². The number of pyridine rings is 1. The third-order valence-electron chi connectivity index (χ3n) is 3.84. The van der Waals surface area contributed by atoms with E-state index >= 15 is 0 Å². The maximum Gasteiger partial charge on any atom is 0.235 e. The van der Waals surface area contributed by atoms with Crippen LogP contribution in [0.3, 0.4) is 0 Å². The van der Waals surface area contributed by atoms with Crippen molar-refractivity contribution in [3.8, 4) is 22.8 Å². The summed E-state index contributed by atoms with van der Waals surface area (Å²) in [6.07, 6.45) is 3.56. The number of benzene rings is 1. The van der Waals surface area contributed by atoms with Gasteiger partial charge >= 0.3 is 0 Å². The second-order valence-electron chi connectivity index (χ2n) is 5.49. The molecule has 0 saturated heterocycles. The molecule has 4 rings (SSSR count). The highest BCUT2D eigenvalue weighted by molar-refractivity contribution is 7.92. The van der Waals surface area contributed by atoms with E-state index in [0.29, 0.717) is 24.0 Å². The summed E-state index contributed by atoms with van der Waals surface area (Å²) in [5.74, 6) is 1.91. The van der Waals surface area contributed by atoms with E-state index in [2.05, 4.69) is 9.71 Å². The normalized spacial score (nSPS) is 15.3. The maximum atomic E-state index is 11.8. The van der Waals surface area contributed by atoms with Gasteiger partial charge in [-0.05, 0) is 29.8 Å². The summed E-state index contributed by atoms with van der Waals surface area (Å²) in [5, 5.41) is 0. The van der Waals surface area contributed by atoms with Gasteiger partial charge < -0.3 is 9.30 Å². The molecule has 0 bridgehead atoms. The third kappa shape index (κ3) is 2.85. The minimum atomic E-state index is -3.25. The van der Waals surface area contributed by atoms with Gasteiger partial charge in [0.15, 0.2) is 0 Å². The second-order valence-corrected chi connectivity index (χ2v) is 7.33. The van der Waals surface area contributed by atoms with E-state index in [4.69, 9.17) is 4.74 Å². The summed E-state index contributed by atoms with van der Waals surface area (Å²) >= 11 is 0. The van der Waals surface area contributed by atoms with Gasteiger partial charge in [0, 0.05) is 30.6 Å². The fraction of sp³-hybridized carbons (Fsp3) is 0.118. The molecule has 1 aliphatic rings. The van der Waals surface area contributed by atoms with E-state index in [1.165, 1.54) is 0 Å². The Kier molecular flexibility index (Phi) is 3.50. The lowest BCUT2D eigenvalue weighted by Crippen LogP contribution is -2.27. The average Bonchev–Trinajstić information content (AvgIpc) is 2.98. The first-order valence-electron chi connectivity index (χ1n) is 7.50.